The summed E-state index contributed by atoms with van der Waals surface area (Å²) in [6, 6.07) is 2.59. The van der Waals surface area contributed by atoms with E-state index in [0.717, 1.165) is 37.1 Å². The first kappa shape index (κ1) is 24.5. The van der Waals surface area contributed by atoms with Crippen molar-refractivity contribution in [2.45, 2.75) is 51.5 Å². The van der Waals surface area contributed by atoms with Gasteiger partial charge in [0.25, 0.3) is 0 Å². The normalized spacial score (nSPS) is 23.9. The van der Waals surface area contributed by atoms with Crippen molar-refractivity contribution in [2.75, 3.05) is 57.0 Å². The monoisotopic (exact) mass is 438 g/mol. The van der Waals surface area contributed by atoms with Crippen molar-refractivity contribution in [3.63, 3.8) is 0 Å². The summed E-state index contributed by atoms with van der Waals surface area (Å²) in [5.74, 6) is 2.78. The van der Waals surface area contributed by atoms with E-state index < -0.39 is 0 Å². The summed E-state index contributed by atoms with van der Waals surface area (Å²) >= 11 is 0. The van der Waals surface area contributed by atoms with E-state index in [1.54, 1.807) is 6.33 Å². The molecule has 32 heavy (non-hydrogen) atoms. The summed E-state index contributed by atoms with van der Waals surface area (Å²) < 4.78 is 0. The van der Waals surface area contributed by atoms with Gasteiger partial charge < -0.3 is 15.5 Å². The fourth-order valence-electron chi connectivity index (χ4n) is 4.37. The molecule has 2 aliphatic carbocycles. The highest BCUT2D eigenvalue weighted by molar-refractivity contribution is 5.47. The van der Waals surface area contributed by atoms with Crippen LogP contribution in [0.3, 0.4) is 0 Å². The average Bonchev–Trinajstić information content (AvgIpc) is 3.21. The number of nitrogens with zero attached hydrogens (tertiary/aromatic N) is 4. The number of hydrogen-bond acceptors (Lipinski definition) is 6. The van der Waals surface area contributed by atoms with Crippen LogP contribution in [0.2, 0.25) is 0 Å². The second-order valence-electron chi connectivity index (χ2n) is 9.48. The van der Waals surface area contributed by atoms with Gasteiger partial charge in [0.2, 0.25) is 0 Å². The van der Waals surface area contributed by atoms with Crippen LogP contribution in [0.1, 0.15) is 45.4 Å². The van der Waals surface area contributed by atoms with Gasteiger partial charge in [0.05, 0.1) is 0 Å². The number of anilines is 2. The first-order valence-corrected chi connectivity index (χ1v) is 12.3. The number of nitrogens with one attached hydrogen (secondary N) is 2. The molecular weight excluding hydrogens is 396 g/mol. The van der Waals surface area contributed by atoms with Gasteiger partial charge >= 0.3 is 0 Å². The molecule has 0 bridgehead atoms. The first-order chi connectivity index (χ1) is 15.6. The second kappa shape index (κ2) is 13.4. The standard InChI is InChI=1S/C13H22N4.C13H20N2/c1-10-4-6-11(7-5-10)16-12-8-13(17(2)3)15-9-14-12;1-2-4-7-13(6-3-1)12-15-10-5-8-14-9-11-15/h8-11H,4-7H2,1-3H3,(H,14,15,16);1-4,6,14H,5,7-12H2. The summed E-state index contributed by atoms with van der Waals surface area (Å²) in [5, 5.41) is 6.96. The van der Waals surface area contributed by atoms with E-state index in [2.05, 4.69) is 62.8 Å². The fraction of sp³-hybridized carbons (Fsp3) is 0.615. The van der Waals surface area contributed by atoms with Crippen LogP contribution in [0.25, 0.3) is 0 Å². The van der Waals surface area contributed by atoms with E-state index >= 15 is 0 Å². The molecule has 0 spiro atoms. The lowest BCUT2D eigenvalue weighted by Crippen LogP contribution is -2.29. The van der Waals surface area contributed by atoms with Gasteiger partial charge in [0.15, 0.2) is 0 Å². The molecule has 1 saturated heterocycles. The third kappa shape index (κ3) is 8.75. The lowest BCUT2D eigenvalue weighted by Gasteiger charge is -2.27. The second-order valence-corrected chi connectivity index (χ2v) is 9.48. The Kier molecular flexibility index (Phi) is 10.2. The van der Waals surface area contributed by atoms with Crippen LogP contribution < -0.4 is 15.5 Å². The van der Waals surface area contributed by atoms with Crippen LogP contribution in [0, 0.1) is 5.92 Å². The Labute approximate surface area is 194 Å². The minimum atomic E-state index is 0.580. The number of hydrogen-bond donors (Lipinski definition) is 2. The molecule has 0 unspecified atom stereocenters. The molecule has 0 radical (unpaired) electrons. The molecule has 4 rings (SSSR count). The molecule has 1 aliphatic heterocycles. The van der Waals surface area contributed by atoms with E-state index in [1.807, 2.05) is 25.1 Å². The highest BCUT2D eigenvalue weighted by atomic mass is 15.2. The minimum Gasteiger partial charge on any atom is -0.367 e. The van der Waals surface area contributed by atoms with Gasteiger partial charge in [-0.15, -0.1) is 0 Å². The van der Waals surface area contributed by atoms with Gasteiger partial charge in [-0.25, -0.2) is 9.97 Å². The molecule has 3 aliphatic rings. The molecule has 2 fully saturated rings. The summed E-state index contributed by atoms with van der Waals surface area (Å²) in [4.78, 5) is 13.1. The Morgan fingerprint density at radius 2 is 1.91 bits per heavy atom. The molecule has 2 heterocycles. The van der Waals surface area contributed by atoms with Crippen molar-refractivity contribution in [3.8, 4) is 0 Å². The lowest BCUT2D eigenvalue weighted by atomic mass is 9.87. The number of aromatic nitrogens is 2. The highest BCUT2D eigenvalue weighted by Gasteiger charge is 2.18. The predicted molar refractivity (Wildman–Crippen MR) is 136 cm³/mol. The van der Waals surface area contributed by atoms with Gasteiger partial charge in [0.1, 0.15) is 18.0 Å². The van der Waals surface area contributed by atoms with Gasteiger partial charge in [0, 0.05) is 45.8 Å². The smallest absolute Gasteiger partial charge is 0.133 e. The van der Waals surface area contributed by atoms with Crippen LogP contribution in [-0.4, -0.2) is 67.7 Å². The van der Waals surface area contributed by atoms with Gasteiger partial charge in [-0.05, 0) is 57.5 Å². The quantitative estimate of drug-likeness (QED) is 0.717. The maximum absolute atomic E-state index is 4.29. The molecular formula is C26H42N6. The van der Waals surface area contributed by atoms with E-state index in [0.29, 0.717) is 6.04 Å². The predicted octanol–water partition coefficient (Wildman–Crippen LogP) is 4.26. The molecule has 2 N–H and O–H groups in total. The Morgan fingerprint density at radius 3 is 2.72 bits per heavy atom. The average molecular weight is 439 g/mol. The Hall–Kier alpha value is -2.18. The summed E-state index contributed by atoms with van der Waals surface area (Å²) in [7, 11) is 3.99. The largest absolute Gasteiger partial charge is 0.367 e. The van der Waals surface area contributed by atoms with Crippen LogP contribution in [0.4, 0.5) is 11.6 Å². The third-order valence-electron chi connectivity index (χ3n) is 6.41. The molecule has 6 nitrogen and oxygen atoms in total. The molecule has 0 aromatic carbocycles. The maximum atomic E-state index is 4.29. The summed E-state index contributed by atoms with van der Waals surface area (Å²) in [5.41, 5.74) is 1.53. The molecule has 1 aromatic heterocycles. The van der Waals surface area contributed by atoms with E-state index in [9.17, 15) is 0 Å². The Balaban J connectivity index is 0.000000182. The van der Waals surface area contributed by atoms with Crippen molar-refractivity contribution in [1.82, 2.24) is 20.2 Å². The van der Waals surface area contributed by atoms with E-state index in [1.165, 1.54) is 57.3 Å². The molecule has 1 aromatic rings. The maximum Gasteiger partial charge on any atom is 0.133 e. The Bertz CT molecular complexity index is 753. The molecule has 0 amide bonds. The minimum absolute atomic E-state index is 0.580. The van der Waals surface area contributed by atoms with Gasteiger partial charge in [-0.3, -0.25) is 4.90 Å². The third-order valence-corrected chi connectivity index (χ3v) is 6.41. The summed E-state index contributed by atoms with van der Waals surface area (Å²) in [6.07, 6.45) is 20.1. The van der Waals surface area contributed by atoms with Crippen molar-refractivity contribution in [2.24, 2.45) is 5.92 Å². The zero-order chi connectivity index (χ0) is 22.6. The van der Waals surface area contributed by atoms with Crippen LogP contribution in [-0.2, 0) is 0 Å². The molecule has 176 valence electrons. The SMILES string of the molecule is C1=CC=C(CN2CCCNCC2)CC=C1.CC1CCC(Nc2cc(N(C)C)ncn2)CC1. The molecule has 1 saturated carbocycles. The van der Waals surface area contributed by atoms with Crippen molar-refractivity contribution in [1.29, 1.82) is 0 Å². The number of rotatable bonds is 5. The summed E-state index contributed by atoms with van der Waals surface area (Å²) in [6.45, 7) is 8.21. The fourth-order valence-corrected chi connectivity index (χ4v) is 4.37. The first-order valence-electron chi connectivity index (χ1n) is 12.3. The lowest BCUT2D eigenvalue weighted by molar-refractivity contribution is 0.315. The molecule has 0 atom stereocenters. The Morgan fingerprint density at radius 1 is 1.06 bits per heavy atom. The van der Waals surface area contributed by atoms with E-state index in [-0.39, 0.29) is 0 Å². The van der Waals surface area contributed by atoms with Crippen molar-refractivity contribution < 1.29 is 0 Å². The number of allylic oxidation sites excluding steroid dienone is 5. The van der Waals surface area contributed by atoms with Crippen LogP contribution in [0.15, 0.2) is 48.3 Å². The van der Waals surface area contributed by atoms with Crippen molar-refractivity contribution >= 4 is 11.6 Å². The van der Waals surface area contributed by atoms with Gasteiger partial charge in [-0.2, -0.15) is 0 Å². The topological polar surface area (TPSA) is 56.3 Å². The molecule has 6 heteroatoms. The zero-order valence-electron chi connectivity index (χ0n) is 20.3. The van der Waals surface area contributed by atoms with Crippen LogP contribution >= 0.6 is 0 Å². The highest BCUT2D eigenvalue weighted by Crippen LogP contribution is 2.26. The van der Waals surface area contributed by atoms with E-state index in [4.69, 9.17) is 0 Å². The van der Waals surface area contributed by atoms with Crippen LogP contribution in [0.5, 0.6) is 0 Å². The van der Waals surface area contributed by atoms with Crippen molar-refractivity contribution in [3.05, 3.63) is 48.3 Å². The van der Waals surface area contributed by atoms with Gasteiger partial charge in [-0.1, -0.05) is 42.9 Å². The zero-order valence-corrected chi connectivity index (χ0v) is 20.3.